The SMILES string of the molecule is O=C(NC1CCN(C(=O)c2ccco2)CC1)c1cc(Br)ccc1O. The zero-order valence-corrected chi connectivity index (χ0v) is 14.5. The van der Waals surface area contributed by atoms with E-state index in [1.165, 1.54) is 12.3 Å². The van der Waals surface area contributed by atoms with Crippen molar-refractivity contribution in [2.75, 3.05) is 13.1 Å². The molecule has 0 atom stereocenters. The maximum absolute atomic E-state index is 12.3. The number of likely N-dealkylation sites (tertiary alicyclic amines) is 1. The first-order valence-corrected chi connectivity index (χ1v) is 8.46. The summed E-state index contributed by atoms with van der Waals surface area (Å²) < 4.78 is 5.86. The third-order valence-electron chi connectivity index (χ3n) is 4.05. The van der Waals surface area contributed by atoms with Crippen molar-refractivity contribution in [2.45, 2.75) is 18.9 Å². The van der Waals surface area contributed by atoms with Gasteiger partial charge in [-0.2, -0.15) is 0 Å². The van der Waals surface area contributed by atoms with Gasteiger partial charge < -0.3 is 19.7 Å². The minimum Gasteiger partial charge on any atom is -0.507 e. The van der Waals surface area contributed by atoms with Gasteiger partial charge in [0.2, 0.25) is 0 Å². The third kappa shape index (κ3) is 3.62. The number of nitrogens with zero attached hydrogens (tertiary/aromatic N) is 1. The molecule has 0 saturated carbocycles. The molecule has 126 valence electrons. The molecule has 1 aromatic carbocycles. The molecule has 7 heteroatoms. The van der Waals surface area contributed by atoms with Gasteiger partial charge in [-0.25, -0.2) is 0 Å². The standard InChI is InChI=1S/C17H17BrN2O4/c18-11-3-4-14(21)13(10-11)16(22)19-12-5-7-20(8-6-12)17(23)15-2-1-9-24-15/h1-4,9-10,12,21H,5-8H2,(H,19,22). The molecule has 0 radical (unpaired) electrons. The predicted octanol–water partition coefficient (Wildman–Crippen LogP) is 2.78. The molecular weight excluding hydrogens is 376 g/mol. The molecular formula is C17H17BrN2O4. The van der Waals surface area contributed by atoms with E-state index in [1.807, 2.05) is 0 Å². The first kappa shape index (κ1) is 16.6. The van der Waals surface area contributed by atoms with Crippen LogP contribution in [0.4, 0.5) is 0 Å². The second-order valence-electron chi connectivity index (χ2n) is 5.68. The number of piperidine rings is 1. The molecule has 0 spiro atoms. The van der Waals surface area contributed by atoms with Gasteiger partial charge in [-0.15, -0.1) is 0 Å². The summed E-state index contributed by atoms with van der Waals surface area (Å²) in [5.74, 6) is -0.170. The molecule has 6 nitrogen and oxygen atoms in total. The van der Waals surface area contributed by atoms with Crippen molar-refractivity contribution < 1.29 is 19.1 Å². The normalized spacial score (nSPS) is 15.3. The number of amides is 2. The van der Waals surface area contributed by atoms with Gasteiger partial charge >= 0.3 is 0 Å². The molecule has 1 aromatic heterocycles. The Morgan fingerprint density at radius 2 is 2.00 bits per heavy atom. The molecule has 3 rings (SSSR count). The molecule has 1 aliphatic heterocycles. The number of aromatic hydroxyl groups is 1. The Balaban J connectivity index is 1.56. The Morgan fingerprint density at radius 1 is 1.25 bits per heavy atom. The molecule has 2 heterocycles. The number of hydrogen-bond acceptors (Lipinski definition) is 4. The molecule has 2 amide bonds. The fourth-order valence-electron chi connectivity index (χ4n) is 2.74. The highest BCUT2D eigenvalue weighted by Gasteiger charge is 2.26. The van der Waals surface area contributed by atoms with E-state index >= 15 is 0 Å². The van der Waals surface area contributed by atoms with Crippen molar-refractivity contribution in [3.8, 4) is 5.75 Å². The lowest BCUT2D eigenvalue weighted by Gasteiger charge is -2.31. The van der Waals surface area contributed by atoms with Crippen LogP contribution < -0.4 is 5.32 Å². The van der Waals surface area contributed by atoms with E-state index in [0.717, 1.165) is 4.47 Å². The van der Waals surface area contributed by atoms with Crippen molar-refractivity contribution in [2.24, 2.45) is 0 Å². The minimum atomic E-state index is -0.315. The lowest BCUT2D eigenvalue weighted by Crippen LogP contribution is -2.46. The predicted molar refractivity (Wildman–Crippen MR) is 90.9 cm³/mol. The van der Waals surface area contributed by atoms with Crippen LogP contribution in [-0.2, 0) is 0 Å². The van der Waals surface area contributed by atoms with Crippen molar-refractivity contribution in [3.63, 3.8) is 0 Å². The Labute approximate surface area is 147 Å². The van der Waals surface area contributed by atoms with E-state index in [0.29, 0.717) is 31.7 Å². The van der Waals surface area contributed by atoms with E-state index in [1.54, 1.807) is 29.2 Å². The largest absolute Gasteiger partial charge is 0.507 e. The summed E-state index contributed by atoms with van der Waals surface area (Å²) in [7, 11) is 0. The summed E-state index contributed by atoms with van der Waals surface area (Å²) >= 11 is 3.29. The van der Waals surface area contributed by atoms with Crippen LogP contribution in [0.1, 0.15) is 33.8 Å². The quantitative estimate of drug-likeness (QED) is 0.840. The average molecular weight is 393 g/mol. The van der Waals surface area contributed by atoms with Crippen LogP contribution in [0, 0.1) is 0 Å². The molecule has 0 aliphatic carbocycles. The van der Waals surface area contributed by atoms with Crippen molar-refractivity contribution in [1.82, 2.24) is 10.2 Å². The number of carbonyl (C=O) groups is 2. The number of rotatable bonds is 3. The van der Waals surface area contributed by atoms with Gasteiger partial charge in [0, 0.05) is 23.6 Å². The third-order valence-corrected chi connectivity index (χ3v) is 4.55. The molecule has 1 saturated heterocycles. The summed E-state index contributed by atoms with van der Waals surface area (Å²) in [6, 6.07) is 8.03. The monoisotopic (exact) mass is 392 g/mol. The Morgan fingerprint density at radius 3 is 2.67 bits per heavy atom. The average Bonchev–Trinajstić information content (AvgIpc) is 3.11. The molecule has 1 fully saturated rings. The number of halogens is 1. The van der Waals surface area contributed by atoms with Crippen LogP contribution >= 0.6 is 15.9 Å². The van der Waals surface area contributed by atoms with Gasteiger partial charge in [0.05, 0.1) is 11.8 Å². The van der Waals surface area contributed by atoms with Crippen molar-refractivity contribution >= 4 is 27.7 Å². The Kier molecular flexibility index (Phi) is 4.89. The summed E-state index contributed by atoms with van der Waals surface area (Å²) in [6.45, 7) is 1.10. The van der Waals surface area contributed by atoms with E-state index < -0.39 is 0 Å². The van der Waals surface area contributed by atoms with E-state index in [-0.39, 0.29) is 29.2 Å². The highest BCUT2D eigenvalue weighted by molar-refractivity contribution is 9.10. The van der Waals surface area contributed by atoms with Gasteiger partial charge in [0.25, 0.3) is 11.8 Å². The molecule has 0 unspecified atom stereocenters. The number of benzene rings is 1. The summed E-state index contributed by atoms with van der Waals surface area (Å²) in [5.41, 5.74) is 0.235. The molecule has 1 aliphatic rings. The second kappa shape index (κ2) is 7.09. The van der Waals surface area contributed by atoms with Crippen LogP contribution in [0.3, 0.4) is 0 Å². The zero-order chi connectivity index (χ0) is 17.1. The second-order valence-corrected chi connectivity index (χ2v) is 6.59. The Hall–Kier alpha value is -2.28. The minimum absolute atomic E-state index is 0.0310. The van der Waals surface area contributed by atoms with Crippen molar-refractivity contribution in [3.05, 3.63) is 52.4 Å². The molecule has 24 heavy (non-hydrogen) atoms. The highest BCUT2D eigenvalue weighted by atomic mass is 79.9. The summed E-state index contributed by atoms with van der Waals surface area (Å²) in [4.78, 5) is 26.2. The topological polar surface area (TPSA) is 82.8 Å². The van der Waals surface area contributed by atoms with Gasteiger partial charge in [-0.1, -0.05) is 15.9 Å². The maximum Gasteiger partial charge on any atom is 0.289 e. The summed E-state index contributed by atoms with van der Waals surface area (Å²) in [6.07, 6.45) is 2.80. The first-order chi connectivity index (χ1) is 11.5. The number of phenols is 1. The number of carbonyl (C=O) groups excluding carboxylic acids is 2. The fraction of sp³-hybridized carbons (Fsp3) is 0.294. The number of phenolic OH excluding ortho intramolecular Hbond substituents is 1. The van der Waals surface area contributed by atoms with E-state index in [4.69, 9.17) is 4.42 Å². The maximum atomic E-state index is 12.3. The van der Waals surface area contributed by atoms with Crippen LogP contribution in [0.25, 0.3) is 0 Å². The van der Waals surface area contributed by atoms with E-state index in [9.17, 15) is 14.7 Å². The van der Waals surface area contributed by atoms with Gasteiger partial charge in [0.15, 0.2) is 5.76 Å². The van der Waals surface area contributed by atoms with Gasteiger partial charge in [0.1, 0.15) is 5.75 Å². The van der Waals surface area contributed by atoms with Crippen LogP contribution in [-0.4, -0.2) is 41.0 Å². The number of hydrogen-bond donors (Lipinski definition) is 2. The van der Waals surface area contributed by atoms with Crippen LogP contribution in [0.15, 0.2) is 45.5 Å². The fourth-order valence-corrected chi connectivity index (χ4v) is 3.10. The Bertz CT molecular complexity index is 737. The highest BCUT2D eigenvalue weighted by Crippen LogP contribution is 2.22. The smallest absolute Gasteiger partial charge is 0.289 e. The number of furan rings is 1. The van der Waals surface area contributed by atoms with Crippen LogP contribution in [0.5, 0.6) is 5.75 Å². The summed E-state index contributed by atoms with van der Waals surface area (Å²) in [5, 5.41) is 12.7. The van der Waals surface area contributed by atoms with Gasteiger partial charge in [-0.05, 0) is 43.2 Å². The van der Waals surface area contributed by atoms with Gasteiger partial charge in [-0.3, -0.25) is 9.59 Å². The molecule has 2 aromatic rings. The lowest BCUT2D eigenvalue weighted by atomic mass is 10.0. The molecule has 2 N–H and O–H groups in total. The zero-order valence-electron chi connectivity index (χ0n) is 12.9. The van der Waals surface area contributed by atoms with Crippen LogP contribution in [0.2, 0.25) is 0 Å². The first-order valence-electron chi connectivity index (χ1n) is 7.67. The van der Waals surface area contributed by atoms with E-state index in [2.05, 4.69) is 21.2 Å². The number of nitrogens with one attached hydrogen (secondary N) is 1. The lowest BCUT2D eigenvalue weighted by molar-refractivity contribution is 0.0667. The van der Waals surface area contributed by atoms with Crippen molar-refractivity contribution in [1.29, 1.82) is 0 Å². The molecule has 0 bridgehead atoms.